The molecule has 2 aromatic rings. The van der Waals surface area contributed by atoms with Gasteiger partial charge in [0.15, 0.2) is 11.6 Å². The number of carbonyl (C=O) groups excluding carboxylic acids is 1. The Bertz CT molecular complexity index is 831. The number of amides is 1. The fourth-order valence-corrected chi connectivity index (χ4v) is 3.75. The van der Waals surface area contributed by atoms with Crippen LogP contribution in [0.3, 0.4) is 0 Å². The van der Waals surface area contributed by atoms with Gasteiger partial charge in [-0.05, 0) is 56.2 Å². The van der Waals surface area contributed by atoms with E-state index in [4.69, 9.17) is 9.47 Å². The van der Waals surface area contributed by atoms with E-state index in [1.165, 1.54) is 13.2 Å². The smallest absolute Gasteiger partial charge is 0.251 e. The van der Waals surface area contributed by atoms with Crippen LogP contribution in [0, 0.1) is 5.82 Å². The maximum Gasteiger partial charge on any atom is 0.251 e. The molecule has 2 aromatic carbocycles. The number of ether oxygens (including phenoxy) is 2. The summed E-state index contributed by atoms with van der Waals surface area (Å²) in [5.74, 6) is -0.442. The molecule has 0 spiro atoms. The first-order valence-electron chi connectivity index (χ1n) is 9.96. The molecule has 5 nitrogen and oxygen atoms in total. The predicted octanol–water partition coefficient (Wildman–Crippen LogP) is 3.93. The van der Waals surface area contributed by atoms with Crippen molar-refractivity contribution in [2.45, 2.75) is 45.6 Å². The third kappa shape index (κ3) is 5.55. The predicted molar refractivity (Wildman–Crippen MR) is 111 cm³/mol. The maximum atomic E-state index is 13.9. The first-order chi connectivity index (χ1) is 13.9. The monoisotopic (exact) mass is 400 g/mol. The number of rotatable bonds is 6. The Morgan fingerprint density at radius 3 is 2.45 bits per heavy atom. The van der Waals surface area contributed by atoms with Crippen molar-refractivity contribution in [3.05, 3.63) is 65.0 Å². The fourth-order valence-electron chi connectivity index (χ4n) is 3.75. The Kier molecular flexibility index (Phi) is 6.87. The van der Waals surface area contributed by atoms with Crippen molar-refractivity contribution in [2.75, 3.05) is 20.2 Å². The molecule has 1 aliphatic rings. The average molecular weight is 400 g/mol. The summed E-state index contributed by atoms with van der Waals surface area (Å²) in [6.07, 6.45) is 0.459. The first-order valence-corrected chi connectivity index (χ1v) is 9.96. The number of morpholine rings is 1. The number of halogens is 1. The quantitative estimate of drug-likeness (QED) is 0.798. The van der Waals surface area contributed by atoms with Crippen molar-refractivity contribution in [1.82, 2.24) is 10.2 Å². The molecule has 1 aliphatic heterocycles. The highest BCUT2D eigenvalue weighted by Gasteiger charge is 2.22. The highest BCUT2D eigenvalue weighted by molar-refractivity contribution is 5.94. The van der Waals surface area contributed by atoms with Gasteiger partial charge < -0.3 is 14.8 Å². The molecule has 3 unspecified atom stereocenters. The van der Waals surface area contributed by atoms with Crippen molar-refractivity contribution >= 4 is 5.91 Å². The summed E-state index contributed by atoms with van der Waals surface area (Å²) < 4.78 is 24.6. The molecule has 0 saturated carbocycles. The Balaban J connectivity index is 1.59. The van der Waals surface area contributed by atoms with E-state index < -0.39 is 5.82 Å². The van der Waals surface area contributed by atoms with E-state index in [9.17, 15) is 9.18 Å². The summed E-state index contributed by atoms with van der Waals surface area (Å²) in [5.41, 5.74) is 2.43. The van der Waals surface area contributed by atoms with E-state index in [0.29, 0.717) is 11.1 Å². The zero-order valence-corrected chi connectivity index (χ0v) is 17.4. The lowest BCUT2D eigenvalue weighted by Crippen LogP contribution is -2.44. The molecular weight excluding hydrogens is 371 g/mol. The third-order valence-electron chi connectivity index (χ3n) is 5.14. The minimum absolute atomic E-state index is 0.186. The Labute approximate surface area is 171 Å². The lowest BCUT2D eigenvalue weighted by atomic mass is 10.1. The normalized spacial score (nSPS) is 20.9. The van der Waals surface area contributed by atoms with Gasteiger partial charge in [-0.25, -0.2) is 4.39 Å². The van der Waals surface area contributed by atoms with Crippen LogP contribution >= 0.6 is 0 Å². The van der Waals surface area contributed by atoms with Crippen LogP contribution in [0.25, 0.3) is 0 Å². The van der Waals surface area contributed by atoms with Gasteiger partial charge in [0, 0.05) is 25.2 Å². The molecule has 29 heavy (non-hydrogen) atoms. The molecule has 1 heterocycles. The number of hydrogen-bond acceptors (Lipinski definition) is 4. The summed E-state index contributed by atoms with van der Waals surface area (Å²) in [4.78, 5) is 14.9. The zero-order valence-electron chi connectivity index (χ0n) is 17.4. The summed E-state index contributed by atoms with van der Waals surface area (Å²) in [5, 5.41) is 2.92. The van der Waals surface area contributed by atoms with Crippen LogP contribution in [0.2, 0.25) is 0 Å². The van der Waals surface area contributed by atoms with Crippen LogP contribution in [0.5, 0.6) is 5.75 Å². The summed E-state index contributed by atoms with van der Waals surface area (Å²) >= 11 is 0. The van der Waals surface area contributed by atoms with Crippen LogP contribution in [0.1, 0.15) is 48.3 Å². The zero-order chi connectivity index (χ0) is 21.0. The molecule has 6 heteroatoms. The molecule has 0 aromatic heterocycles. The van der Waals surface area contributed by atoms with Crippen LogP contribution in [-0.2, 0) is 11.3 Å². The van der Waals surface area contributed by atoms with Crippen molar-refractivity contribution in [1.29, 1.82) is 0 Å². The summed E-state index contributed by atoms with van der Waals surface area (Å²) in [7, 11) is 1.42. The van der Waals surface area contributed by atoms with E-state index >= 15 is 0 Å². The highest BCUT2D eigenvalue weighted by Crippen LogP contribution is 2.22. The van der Waals surface area contributed by atoms with Gasteiger partial charge in [0.05, 0.1) is 25.4 Å². The minimum atomic E-state index is -0.442. The van der Waals surface area contributed by atoms with Gasteiger partial charge in [-0.1, -0.05) is 18.2 Å². The number of nitrogens with one attached hydrogen (secondary N) is 1. The number of carbonyl (C=O) groups is 1. The number of methoxy groups -OCH3 is 1. The van der Waals surface area contributed by atoms with Gasteiger partial charge in [-0.3, -0.25) is 9.69 Å². The molecule has 0 radical (unpaired) electrons. The SMILES string of the molecule is COc1ccc(C(C)NC(=O)c2ccc(CN3CC(C)OC(C)C3)cc2)cc1F. The summed E-state index contributed by atoms with van der Waals surface area (Å²) in [6.45, 7) is 8.65. The molecule has 1 N–H and O–H groups in total. The fraction of sp³-hybridized carbons (Fsp3) is 0.435. The van der Waals surface area contributed by atoms with E-state index in [1.807, 2.05) is 31.2 Å². The van der Waals surface area contributed by atoms with Crippen molar-refractivity contribution in [2.24, 2.45) is 0 Å². The second kappa shape index (κ2) is 9.37. The Morgan fingerprint density at radius 2 is 1.86 bits per heavy atom. The van der Waals surface area contributed by atoms with Crippen LogP contribution in [0.4, 0.5) is 4.39 Å². The lowest BCUT2D eigenvalue weighted by Gasteiger charge is -2.35. The first kappa shape index (κ1) is 21.3. The standard InChI is InChI=1S/C23H29FN2O3/c1-15-12-26(13-16(2)29-15)14-18-5-7-19(8-6-18)23(27)25-17(3)20-9-10-22(28-4)21(24)11-20/h5-11,15-17H,12-14H2,1-4H3,(H,25,27). The highest BCUT2D eigenvalue weighted by atomic mass is 19.1. The van der Waals surface area contributed by atoms with Gasteiger partial charge in [0.1, 0.15) is 0 Å². The van der Waals surface area contributed by atoms with Gasteiger partial charge in [-0.2, -0.15) is 0 Å². The van der Waals surface area contributed by atoms with Gasteiger partial charge >= 0.3 is 0 Å². The molecule has 1 fully saturated rings. The molecule has 3 atom stereocenters. The Morgan fingerprint density at radius 1 is 1.21 bits per heavy atom. The molecule has 1 saturated heterocycles. The van der Waals surface area contributed by atoms with E-state index in [2.05, 4.69) is 24.1 Å². The van der Waals surface area contributed by atoms with Gasteiger partial charge in [0.2, 0.25) is 0 Å². The molecule has 0 aliphatic carbocycles. The van der Waals surface area contributed by atoms with Crippen LogP contribution < -0.4 is 10.1 Å². The topological polar surface area (TPSA) is 50.8 Å². The maximum absolute atomic E-state index is 13.9. The summed E-state index contributed by atoms with van der Waals surface area (Å²) in [6, 6.07) is 12.0. The number of nitrogens with zero attached hydrogens (tertiary/aromatic N) is 1. The molecule has 156 valence electrons. The Hall–Kier alpha value is -2.44. The molecule has 0 bridgehead atoms. The molecular formula is C23H29FN2O3. The van der Waals surface area contributed by atoms with Crippen LogP contribution in [-0.4, -0.2) is 43.2 Å². The largest absolute Gasteiger partial charge is 0.494 e. The van der Waals surface area contributed by atoms with Gasteiger partial charge in [-0.15, -0.1) is 0 Å². The van der Waals surface area contributed by atoms with Crippen LogP contribution in [0.15, 0.2) is 42.5 Å². The second-order valence-electron chi connectivity index (χ2n) is 7.74. The van der Waals surface area contributed by atoms with Crippen molar-refractivity contribution in [3.63, 3.8) is 0 Å². The van der Waals surface area contributed by atoms with E-state index in [-0.39, 0.29) is 29.9 Å². The second-order valence-corrected chi connectivity index (χ2v) is 7.74. The minimum Gasteiger partial charge on any atom is -0.494 e. The third-order valence-corrected chi connectivity index (χ3v) is 5.14. The number of benzene rings is 2. The van der Waals surface area contributed by atoms with Gasteiger partial charge in [0.25, 0.3) is 5.91 Å². The average Bonchev–Trinajstić information content (AvgIpc) is 2.67. The molecule has 3 rings (SSSR count). The number of hydrogen-bond donors (Lipinski definition) is 1. The van der Waals surface area contributed by atoms with E-state index in [1.54, 1.807) is 12.1 Å². The lowest BCUT2D eigenvalue weighted by molar-refractivity contribution is -0.0704. The van der Waals surface area contributed by atoms with Crippen molar-refractivity contribution < 1.29 is 18.7 Å². The van der Waals surface area contributed by atoms with Crippen molar-refractivity contribution in [3.8, 4) is 5.75 Å². The molecule has 1 amide bonds. The van der Waals surface area contributed by atoms with E-state index in [0.717, 1.165) is 25.2 Å².